The lowest BCUT2D eigenvalue weighted by molar-refractivity contribution is -0.130. The molecule has 2 heterocycles. The molecule has 0 bridgehead atoms. The van der Waals surface area contributed by atoms with E-state index in [4.69, 9.17) is 14.2 Å². The average Bonchev–Trinajstić information content (AvgIpc) is 3.21. The number of cyclic esters (lactones) is 1. The molecule has 0 unspecified atom stereocenters. The van der Waals surface area contributed by atoms with Crippen LogP contribution in [0.25, 0.3) is 6.08 Å². The predicted molar refractivity (Wildman–Crippen MR) is 88.8 cm³/mol. The van der Waals surface area contributed by atoms with Crippen molar-refractivity contribution < 1.29 is 23.4 Å². The van der Waals surface area contributed by atoms with Crippen molar-refractivity contribution in [1.29, 1.82) is 0 Å². The van der Waals surface area contributed by atoms with E-state index >= 15 is 0 Å². The van der Waals surface area contributed by atoms with Crippen LogP contribution in [0.1, 0.15) is 17.5 Å². The first-order valence-corrected chi connectivity index (χ1v) is 7.83. The number of hydrogen-bond acceptors (Lipinski definition) is 5. The number of fused-ring (bicyclic) bond motifs is 1. The second-order valence-corrected chi connectivity index (χ2v) is 5.66. The summed E-state index contributed by atoms with van der Waals surface area (Å²) in [7, 11) is 0. The number of aryl methyl sites for hydroxylation is 1. The first-order chi connectivity index (χ1) is 12.2. The molecule has 126 valence electrons. The monoisotopic (exact) mass is 339 g/mol. The Kier molecular flexibility index (Phi) is 3.93. The van der Waals surface area contributed by atoms with E-state index in [1.807, 2.05) is 6.07 Å². The number of rotatable bonds is 4. The highest BCUT2D eigenvalue weighted by molar-refractivity contribution is 6.07. The summed E-state index contributed by atoms with van der Waals surface area (Å²) in [5, 5.41) is 0. The second kappa shape index (κ2) is 6.39. The minimum Gasteiger partial charge on any atom is -0.454 e. The molecule has 0 radical (unpaired) electrons. The number of aliphatic imine (C=N–C) groups is 1. The van der Waals surface area contributed by atoms with Gasteiger partial charge >= 0.3 is 5.97 Å². The van der Waals surface area contributed by atoms with Crippen LogP contribution in [0.4, 0.5) is 4.39 Å². The van der Waals surface area contributed by atoms with Crippen LogP contribution >= 0.6 is 0 Å². The Morgan fingerprint density at radius 2 is 1.84 bits per heavy atom. The zero-order chi connectivity index (χ0) is 17.2. The number of ether oxygens (including phenoxy) is 3. The van der Waals surface area contributed by atoms with Crippen LogP contribution in [-0.2, 0) is 16.0 Å². The standard InChI is InChI=1S/C19H14FNO4/c20-14-5-1-12(2-6-14)4-8-18-21-15(19(22)25-18)9-13-3-7-16-17(10-13)24-11-23-16/h1-3,5-7,9-10H,4,8,11H2/b15-9+. The van der Waals surface area contributed by atoms with Crippen LogP contribution in [0.5, 0.6) is 11.5 Å². The lowest BCUT2D eigenvalue weighted by Gasteiger charge is -2.00. The quantitative estimate of drug-likeness (QED) is 0.632. The highest BCUT2D eigenvalue weighted by Gasteiger charge is 2.23. The zero-order valence-corrected chi connectivity index (χ0v) is 13.2. The highest BCUT2D eigenvalue weighted by Crippen LogP contribution is 2.33. The van der Waals surface area contributed by atoms with Crippen LogP contribution in [-0.4, -0.2) is 18.7 Å². The molecule has 5 nitrogen and oxygen atoms in total. The number of halogens is 1. The number of benzene rings is 2. The fraction of sp³-hybridized carbons (Fsp3) is 0.158. The molecular weight excluding hydrogens is 325 g/mol. The molecule has 2 aliphatic heterocycles. The van der Waals surface area contributed by atoms with Gasteiger partial charge in [-0.05, 0) is 47.9 Å². The van der Waals surface area contributed by atoms with Gasteiger partial charge in [-0.1, -0.05) is 18.2 Å². The number of carbonyl (C=O) groups is 1. The van der Waals surface area contributed by atoms with Gasteiger partial charge in [0.2, 0.25) is 6.79 Å². The fourth-order valence-electron chi connectivity index (χ4n) is 2.62. The summed E-state index contributed by atoms with van der Waals surface area (Å²) in [5.74, 6) is 0.927. The molecule has 0 amide bonds. The van der Waals surface area contributed by atoms with Crippen LogP contribution in [0.3, 0.4) is 0 Å². The van der Waals surface area contributed by atoms with E-state index in [9.17, 15) is 9.18 Å². The largest absolute Gasteiger partial charge is 0.454 e. The van der Waals surface area contributed by atoms with E-state index < -0.39 is 5.97 Å². The van der Waals surface area contributed by atoms with Crippen LogP contribution in [0.2, 0.25) is 0 Å². The van der Waals surface area contributed by atoms with Gasteiger partial charge in [-0.3, -0.25) is 0 Å². The average molecular weight is 339 g/mol. The molecule has 2 aromatic rings. The molecule has 0 atom stereocenters. The van der Waals surface area contributed by atoms with Crippen molar-refractivity contribution >= 4 is 17.9 Å². The van der Waals surface area contributed by atoms with Crippen molar-refractivity contribution in [3.05, 3.63) is 65.1 Å². The molecule has 0 spiro atoms. The van der Waals surface area contributed by atoms with Gasteiger partial charge in [0.1, 0.15) is 5.82 Å². The normalized spacial score (nSPS) is 16.9. The molecule has 0 N–H and O–H groups in total. The third kappa shape index (κ3) is 3.38. The van der Waals surface area contributed by atoms with Crippen molar-refractivity contribution in [2.45, 2.75) is 12.8 Å². The summed E-state index contributed by atoms with van der Waals surface area (Å²) in [6.45, 7) is 0.198. The number of carbonyl (C=O) groups excluding carboxylic acids is 1. The molecule has 2 aromatic carbocycles. The molecule has 4 rings (SSSR count). The Hall–Kier alpha value is -3.15. The molecule has 0 fully saturated rings. The maximum Gasteiger partial charge on any atom is 0.363 e. The Balaban J connectivity index is 1.47. The minimum absolute atomic E-state index is 0.198. The predicted octanol–water partition coefficient (Wildman–Crippen LogP) is 3.48. The van der Waals surface area contributed by atoms with E-state index in [1.54, 1.807) is 30.3 Å². The first-order valence-electron chi connectivity index (χ1n) is 7.83. The maximum atomic E-state index is 12.9. The summed E-state index contributed by atoms with van der Waals surface area (Å²) < 4.78 is 28.7. The van der Waals surface area contributed by atoms with Crippen LogP contribution in [0.15, 0.2) is 53.2 Å². The van der Waals surface area contributed by atoms with E-state index in [0.717, 1.165) is 11.1 Å². The van der Waals surface area contributed by atoms with Gasteiger partial charge in [-0.15, -0.1) is 0 Å². The summed E-state index contributed by atoms with van der Waals surface area (Å²) in [6.07, 6.45) is 2.73. The first kappa shape index (κ1) is 15.4. The van der Waals surface area contributed by atoms with Gasteiger partial charge in [-0.2, -0.15) is 0 Å². The highest BCUT2D eigenvalue weighted by atomic mass is 19.1. The lowest BCUT2D eigenvalue weighted by atomic mass is 10.1. The Bertz CT molecular complexity index is 887. The summed E-state index contributed by atoms with van der Waals surface area (Å²) in [4.78, 5) is 16.2. The molecule has 6 heteroatoms. The molecule has 0 aliphatic carbocycles. The van der Waals surface area contributed by atoms with Gasteiger partial charge < -0.3 is 14.2 Å². The van der Waals surface area contributed by atoms with Crippen LogP contribution < -0.4 is 9.47 Å². The van der Waals surface area contributed by atoms with E-state index in [2.05, 4.69) is 4.99 Å². The zero-order valence-electron chi connectivity index (χ0n) is 13.2. The van der Waals surface area contributed by atoms with E-state index in [0.29, 0.717) is 30.2 Å². The van der Waals surface area contributed by atoms with Gasteiger partial charge in [-0.25, -0.2) is 14.2 Å². The van der Waals surface area contributed by atoms with Gasteiger partial charge in [0.25, 0.3) is 0 Å². The van der Waals surface area contributed by atoms with E-state index in [-0.39, 0.29) is 18.3 Å². The van der Waals surface area contributed by atoms with Crippen molar-refractivity contribution in [2.75, 3.05) is 6.79 Å². The third-order valence-electron chi connectivity index (χ3n) is 3.91. The summed E-state index contributed by atoms with van der Waals surface area (Å²) in [6, 6.07) is 11.6. The Morgan fingerprint density at radius 1 is 1.04 bits per heavy atom. The molecular formula is C19H14FNO4. The van der Waals surface area contributed by atoms with E-state index in [1.165, 1.54) is 12.1 Å². The second-order valence-electron chi connectivity index (χ2n) is 5.66. The van der Waals surface area contributed by atoms with Crippen molar-refractivity contribution in [2.24, 2.45) is 4.99 Å². The summed E-state index contributed by atoms with van der Waals surface area (Å²) >= 11 is 0. The Morgan fingerprint density at radius 3 is 2.68 bits per heavy atom. The maximum absolute atomic E-state index is 12.9. The molecule has 25 heavy (non-hydrogen) atoms. The van der Waals surface area contributed by atoms with Crippen LogP contribution in [0, 0.1) is 5.82 Å². The summed E-state index contributed by atoms with van der Waals surface area (Å²) in [5.41, 5.74) is 1.97. The molecule has 2 aliphatic rings. The topological polar surface area (TPSA) is 57.1 Å². The number of esters is 1. The lowest BCUT2D eigenvalue weighted by Crippen LogP contribution is -2.05. The van der Waals surface area contributed by atoms with Gasteiger partial charge in [0, 0.05) is 6.42 Å². The smallest absolute Gasteiger partial charge is 0.363 e. The molecule has 0 saturated heterocycles. The van der Waals surface area contributed by atoms with Gasteiger partial charge in [0.15, 0.2) is 23.1 Å². The Labute approximate surface area is 143 Å². The van der Waals surface area contributed by atoms with Gasteiger partial charge in [0.05, 0.1) is 0 Å². The van der Waals surface area contributed by atoms with Crippen molar-refractivity contribution in [3.8, 4) is 11.5 Å². The number of hydrogen-bond donors (Lipinski definition) is 0. The molecule has 0 aromatic heterocycles. The molecule has 0 saturated carbocycles. The third-order valence-corrected chi connectivity index (χ3v) is 3.91. The number of nitrogens with zero attached hydrogens (tertiary/aromatic N) is 1. The minimum atomic E-state index is -0.480. The fourth-order valence-corrected chi connectivity index (χ4v) is 2.62. The van der Waals surface area contributed by atoms with Crippen molar-refractivity contribution in [1.82, 2.24) is 0 Å². The SMILES string of the molecule is O=C1OC(CCc2ccc(F)cc2)=N/C1=C/c1ccc2c(c1)OCO2. The van der Waals surface area contributed by atoms with Crippen molar-refractivity contribution in [3.63, 3.8) is 0 Å².